The summed E-state index contributed by atoms with van der Waals surface area (Å²) >= 11 is 0. The first kappa shape index (κ1) is 27.2. The molecule has 3 aromatic rings. The summed E-state index contributed by atoms with van der Waals surface area (Å²) < 4.78 is 34.9. The van der Waals surface area contributed by atoms with Crippen LogP contribution in [0.1, 0.15) is 37.6 Å². The predicted molar refractivity (Wildman–Crippen MR) is 139 cm³/mol. The Balaban J connectivity index is 0.00000361. The van der Waals surface area contributed by atoms with Crippen molar-refractivity contribution >= 4 is 36.9 Å². The zero-order chi connectivity index (χ0) is 25.3. The van der Waals surface area contributed by atoms with Crippen LogP contribution in [0.2, 0.25) is 0 Å². The van der Waals surface area contributed by atoms with Crippen LogP contribution in [0.5, 0.6) is 5.75 Å². The highest BCUT2D eigenvalue weighted by Crippen LogP contribution is 2.34. The molecule has 1 aliphatic rings. The maximum Gasteiger partial charge on any atom is 0.247 e. The van der Waals surface area contributed by atoms with Crippen LogP contribution in [0.4, 0.5) is 26.2 Å². The van der Waals surface area contributed by atoms with E-state index in [1.807, 2.05) is 32.7 Å². The molecule has 1 aliphatic heterocycles. The number of nitrogens with one attached hydrogen (secondary N) is 2. The van der Waals surface area contributed by atoms with Crippen molar-refractivity contribution in [2.75, 3.05) is 29.2 Å². The van der Waals surface area contributed by atoms with E-state index in [4.69, 9.17) is 4.74 Å². The van der Waals surface area contributed by atoms with E-state index in [0.717, 1.165) is 5.56 Å². The fraction of sp³-hybridized carbons (Fsp3) is 0.417. The van der Waals surface area contributed by atoms with E-state index in [9.17, 15) is 13.6 Å². The summed E-state index contributed by atoms with van der Waals surface area (Å²) in [5.41, 5.74) is 2.56. The van der Waals surface area contributed by atoms with Crippen LogP contribution < -0.4 is 20.3 Å². The van der Waals surface area contributed by atoms with E-state index in [1.54, 1.807) is 24.0 Å². The number of aromatic nitrogens is 4. The van der Waals surface area contributed by atoms with Crippen molar-refractivity contribution in [2.45, 2.75) is 46.8 Å². The number of fused-ring (bicyclic) bond motifs is 1. The maximum absolute atomic E-state index is 14.1. The lowest BCUT2D eigenvalue weighted by Crippen LogP contribution is -2.49. The summed E-state index contributed by atoms with van der Waals surface area (Å²) in [7, 11) is 1.86. The Morgan fingerprint density at radius 3 is 2.53 bits per heavy atom. The van der Waals surface area contributed by atoms with Crippen LogP contribution in [0.25, 0.3) is 0 Å². The number of hydrogen-bond donors (Lipinski definition) is 2. The van der Waals surface area contributed by atoms with Crippen LogP contribution in [0.3, 0.4) is 0 Å². The fourth-order valence-electron chi connectivity index (χ4n) is 4.23. The van der Waals surface area contributed by atoms with E-state index in [0.29, 0.717) is 35.3 Å². The number of carbonyl (C=O) groups excluding carboxylic acids is 1. The lowest BCUT2D eigenvalue weighted by atomic mass is 9.99. The highest BCUT2D eigenvalue weighted by atomic mass is 32.1. The van der Waals surface area contributed by atoms with Crippen LogP contribution in [-0.2, 0) is 17.9 Å². The summed E-state index contributed by atoms with van der Waals surface area (Å²) in [6, 6.07) is 2.17. The van der Waals surface area contributed by atoms with Crippen LogP contribution in [0.15, 0.2) is 24.5 Å². The van der Waals surface area contributed by atoms with Gasteiger partial charge in [0.1, 0.15) is 11.7 Å². The van der Waals surface area contributed by atoms with Crippen LogP contribution in [0, 0.1) is 24.5 Å². The number of ether oxygens (including phenoxy) is 1. The third kappa shape index (κ3) is 5.53. The van der Waals surface area contributed by atoms with Crippen molar-refractivity contribution in [1.82, 2.24) is 19.7 Å². The Bertz CT molecular complexity index is 1230. The number of amides is 1. The summed E-state index contributed by atoms with van der Waals surface area (Å²) in [6.07, 6.45) is 3.45. The molecule has 2 N–H and O–H groups in total. The molecule has 3 heterocycles. The smallest absolute Gasteiger partial charge is 0.247 e. The van der Waals surface area contributed by atoms with Gasteiger partial charge in [-0.25, -0.2) is 13.8 Å². The quantitative estimate of drug-likeness (QED) is 0.467. The zero-order valence-corrected chi connectivity index (χ0v) is 21.9. The number of carbonyl (C=O) groups is 1. The Morgan fingerprint density at radius 2 is 1.89 bits per heavy atom. The first-order valence-electron chi connectivity index (χ1n) is 11.5. The molecule has 0 radical (unpaired) electrons. The standard InChI is InChI=1S/C24H29F2N7O2.H2S/c1-6-35-21-17(25)7-15(8-18(21)26)11-33-12-16(10-28-33)9-27-24-29-14(4)19-22(31-24)32(5)20(13(2)3)23(34)30-19;/h7-8,10,12-13,20H,6,9,11H2,1-5H3,(H,30,34)(H,27,29,31);1H2/t20-;/m0./s1. The van der Waals surface area contributed by atoms with Crippen molar-refractivity contribution < 1.29 is 18.3 Å². The summed E-state index contributed by atoms with van der Waals surface area (Å²) in [6.45, 7) is 8.26. The summed E-state index contributed by atoms with van der Waals surface area (Å²) in [5.74, 6) is -0.714. The first-order valence-corrected chi connectivity index (χ1v) is 11.5. The van der Waals surface area contributed by atoms with Crippen molar-refractivity contribution in [3.63, 3.8) is 0 Å². The number of halogens is 2. The van der Waals surface area contributed by atoms with Gasteiger partial charge in [-0.15, -0.1) is 0 Å². The van der Waals surface area contributed by atoms with Gasteiger partial charge in [0.25, 0.3) is 0 Å². The first-order chi connectivity index (χ1) is 16.7. The molecule has 0 saturated carbocycles. The second-order valence-electron chi connectivity index (χ2n) is 8.84. The molecular weight excluding hydrogens is 488 g/mol. The van der Waals surface area contributed by atoms with E-state index in [1.165, 1.54) is 12.1 Å². The zero-order valence-electron chi connectivity index (χ0n) is 20.9. The number of nitrogens with zero attached hydrogens (tertiary/aromatic N) is 5. The summed E-state index contributed by atoms with van der Waals surface area (Å²) in [4.78, 5) is 23.5. The van der Waals surface area contributed by atoms with Gasteiger partial charge in [0.2, 0.25) is 11.9 Å². The molecule has 194 valence electrons. The maximum atomic E-state index is 14.1. The van der Waals surface area contributed by atoms with Crippen LogP contribution >= 0.6 is 13.5 Å². The van der Waals surface area contributed by atoms with E-state index >= 15 is 0 Å². The fourth-order valence-corrected chi connectivity index (χ4v) is 4.23. The molecule has 36 heavy (non-hydrogen) atoms. The molecule has 0 bridgehead atoms. The molecule has 0 aliphatic carbocycles. The van der Waals surface area contributed by atoms with Crippen molar-refractivity contribution in [3.05, 3.63) is 53.0 Å². The average molecular weight is 520 g/mol. The Hall–Kier alpha value is -3.41. The second-order valence-corrected chi connectivity index (χ2v) is 8.84. The highest BCUT2D eigenvalue weighted by molar-refractivity contribution is 7.59. The lowest BCUT2D eigenvalue weighted by molar-refractivity contribution is -0.118. The monoisotopic (exact) mass is 519 g/mol. The molecule has 1 amide bonds. The molecule has 1 atom stereocenters. The molecule has 0 fully saturated rings. The molecule has 0 spiro atoms. The van der Waals surface area contributed by atoms with Gasteiger partial charge in [-0.3, -0.25) is 9.48 Å². The topological polar surface area (TPSA) is 97.2 Å². The van der Waals surface area contributed by atoms with Gasteiger partial charge in [-0.05, 0) is 37.5 Å². The van der Waals surface area contributed by atoms with Gasteiger partial charge in [-0.1, -0.05) is 13.8 Å². The third-order valence-electron chi connectivity index (χ3n) is 5.80. The van der Waals surface area contributed by atoms with E-state index in [-0.39, 0.29) is 50.3 Å². The lowest BCUT2D eigenvalue weighted by Gasteiger charge is -2.36. The summed E-state index contributed by atoms with van der Waals surface area (Å²) in [5, 5.41) is 10.4. The predicted octanol–water partition coefficient (Wildman–Crippen LogP) is 3.84. The van der Waals surface area contributed by atoms with Gasteiger partial charge < -0.3 is 20.3 Å². The number of hydrogen-bond acceptors (Lipinski definition) is 7. The Labute approximate surface area is 215 Å². The number of rotatable bonds is 8. The molecule has 0 unspecified atom stereocenters. The minimum atomic E-state index is -0.739. The highest BCUT2D eigenvalue weighted by Gasteiger charge is 2.35. The molecular formula is C24H31F2N7O2S. The minimum Gasteiger partial charge on any atom is -0.488 e. The minimum absolute atomic E-state index is 0. The van der Waals surface area contributed by atoms with Crippen LogP contribution in [-0.4, -0.2) is 45.4 Å². The Morgan fingerprint density at radius 1 is 1.19 bits per heavy atom. The van der Waals surface area contributed by atoms with Gasteiger partial charge >= 0.3 is 0 Å². The molecule has 4 rings (SSSR count). The van der Waals surface area contributed by atoms with E-state index < -0.39 is 11.6 Å². The SMILES string of the molecule is CCOc1c(F)cc(Cn2cc(CNc3nc(C)c4c(n3)N(C)[C@@H](C(C)C)C(=O)N4)cn2)cc1F.S. The Kier molecular flexibility index (Phi) is 8.39. The number of anilines is 3. The number of aryl methyl sites for hydroxylation is 1. The second kappa shape index (κ2) is 11.1. The largest absolute Gasteiger partial charge is 0.488 e. The van der Waals surface area contributed by atoms with Crippen molar-refractivity contribution in [1.29, 1.82) is 0 Å². The molecule has 9 nitrogen and oxygen atoms in total. The normalized spacial score (nSPS) is 14.8. The number of likely N-dealkylation sites (N-methyl/N-ethyl adjacent to an activating group) is 1. The average Bonchev–Trinajstić information content (AvgIpc) is 3.22. The molecule has 12 heteroatoms. The number of benzene rings is 1. The van der Waals surface area contributed by atoms with Crippen molar-refractivity contribution in [3.8, 4) is 5.75 Å². The molecule has 1 aromatic carbocycles. The van der Waals surface area contributed by atoms with Gasteiger partial charge in [0.15, 0.2) is 23.2 Å². The van der Waals surface area contributed by atoms with Gasteiger partial charge in [0, 0.05) is 25.4 Å². The van der Waals surface area contributed by atoms with Gasteiger partial charge in [-0.2, -0.15) is 23.6 Å². The van der Waals surface area contributed by atoms with E-state index in [2.05, 4.69) is 25.7 Å². The molecule has 0 saturated heterocycles. The van der Waals surface area contributed by atoms with Gasteiger partial charge in [0.05, 0.1) is 25.0 Å². The van der Waals surface area contributed by atoms with Crippen molar-refractivity contribution in [2.24, 2.45) is 5.92 Å². The third-order valence-corrected chi connectivity index (χ3v) is 5.80. The molecule has 2 aromatic heterocycles.